The molecule has 190 valence electrons. The van der Waals surface area contributed by atoms with Crippen molar-refractivity contribution in [3.8, 4) is 0 Å². The predicted molar refractivity (Wildman–Crippen MR) is 139 cm³/mol. The van der Waals surface area contributed by atoms with Crippen molar-refractivity contribution in [1.82, 2.24) is 10.2 Å². The lowest BCUT2D eigenvalue weighted by Gasteiger charge is -2.34. The van der Waals surface area contributed by atoms with Crippen molar-refractivity contribution in [3.63, 3.8) is 0 Å². The minimum absolute atomic E-state index is 0.276. The number of nitrogens with zero attached hydrogens (tertiary/aromatic N) is 1. The maximum Gasteiger partial charge on any atom is 0.408 e. The highest BCUT2D eigenvalue weighted by molar-refractivity contribution is 6.00. The number of rotatable bonds is 7. The van der Waals surface area contributed by atoms with E-state index in [4.69, 9.17) is 4.74 Å². The number of carbonyl (C=O) groups excluding carboxylic acids is 3. The molecule has 0 saturated heterocycles. The third-order valence-electron chi connectivity index (χ3n) is 5.83. The molecule has 0 heterocycles. The summed E-state index contributed by atoms with van der Waals surface area (Å²) in [6.45, 7) is 16.7. The highest BCUT2D eigenvalue weighted by Gasteiger charge is 2.35. The average molecular weight is 482 g/mol. The molecule has 0 aliphatic carbocycles. The summed E-state index contributed by atoms with van der Waals surface area (Å²) in [6.07, 6.45) is -0.682. The molecule has 0 radical (unpaired) electrons. The molecular formula is C28H39N3O4. The van der Waals surface area contributed by atoms with Crippen molar-refractivity contribution in [1.29, 1.82) is 0 Å². The molecule has 0 fully saturated rings. The lowest BCUT2D eigenvalue weighted by molar-refractivity contribution is -0.140. The third kappa shape index (κ3) is 7.07. The number of nitrogens with one attached hydrogen (secondary N) is 2. The van der Waals surface area contributed by atoms with E-state index in [9.17, 15) is 14.4 Å². The van der Waals surface area contributed by atoms with Gasteiger partial charge in [0.05, 0.1) is 0 Å². The van der Waals surface area contributed by atoms with Crippen LogP contribution in [0.15, 0.2) is 36.4 Å². The van der Waals surface area contributed by atoms with E-state index in [1.54, 1.807) is 27.7 Å². The number of ether oxygens (including phenoxy) is 1. The van der Waals surface area contributed by atoms with Gasteiger partial charge < -0.3 is 20.3 Å². The molecule has 0 aromatic heterocycles. The van der Waals surface area contributed by atoms with Gasteiger partial charge in [0.25, 0.3) is 5.91 Å². The van der Waals surface area contributed by atoms with Crippen LogP contribution in [0.2, 0.25) is 0 Å². The molecule has 0 aliphatic heterocycles. The predicted octanol–water partition coefficient (Wildman–Crippen LogP) is 5.36. The first-order chi connectivity index (χ1) is 16.3. The molecule has 3 amide bonds. The first kappa shape index (κ1) is 27.9. The van der Waals surface area contributed by atoms with Crippen LogP contribution in [-0.2, 0) is 14.3 Å². The van der Waals surface area contributed by atoms with E-state index in [1.165, 1.54) is 4.90 Å². The van der Waals surface area contributed by atoms with Gasteiger partial charge in [0.15, 0.2) is 0 Å². The first-order valence-corrected chi connectivity index (χ1v) is 12.0. The second-order valence-corrected chi connectivity index (χ2v) is 9.96. The van der Waals surface area contributed by atoms with Crippen LogP contribution in [0, 0.1) is 27.7 Å². The zero-order valence-corrected chi connectivity index (χ0v) is 22.4. The summed E-state index contributed by atoms with van der Waals surface area (Å²) >= 11 is 0. The Bertz CT molecular complexity index is 1050. The Labute approximate surface area is 209 Å². The van der Waals surface area contributed by atoms with Crippen LogP contribution in [0.1, 0.15) is 68.5 Å². The number of para-hydroxylation sites is 1. The topological polar surface area (TPSA) is 87.7 Å². The molecule has 2 N–H and O–H groups in total. The molecule has 2 unspecified atom stereocenters. The molecule has 35 heavy (non-hydrogen) atoms. The van der Waals surface area contributed by atoms with E-state index in [1.807, 2.05) is 71.0 Å². The molecule has 0 spiro atoms. The number of hydrogen-bond acceptors (Lipinski definition) is 4. The summed E-state index contributed by atoms with van der Waals surface area (Å²) in [4.78, 5) is 41.2. The quantitative estimate of drug-likeness (QED) is 0.557. The maximum atomic E-state index is 13.8. The molecule has 2 atom stereocenters. The number of alkyl carbamates (subject to hydrolysis) is 1. The molecule has 7 heteroatoms. The number of aryl methyl sites for hydroxylation is 4. The lowest BCUT2D eigenvalue weighted by Crippen LogP contribution is -2.51. The molecule has 0 bridgehead atoms. The number of amides is 3. The van der Waals surface area contributed by atoms with Crippen molar-refractivity contribution < 1.29 is 19.1 Å². The van der Waals surface area contributed by atoms with E-state index < -0.39 is 23.8 Å². The Morgan fingerprint density at radius 3 is 1.86 bits per heavy atom. The minimum atomic E-state index is -0.885. The van der Waals surface area contributed by atoms with Gasteiger partial charge in [-0.3, -0.25) is 9.59 Å². The van der Waals surface area contributed by atoms with Gasteiger partial charge in [0, 0.05) is 12.2 Å². The number of benzene rings is 2. The molecule has 2 aromatic carbocycles. The highest BCUT2D eigenvalue weighted by atomic mass is 16.6. The number of anilines is 1. The summed E-state index contributed by atoms with van der Waals surface area (Å²) in [5.41, 5.74) is 4.51. The van der Waals surface area contributed by atoms with Crippen molar-refractivity contribution in [3.05, 3.63) is 64.2 Å². The van der Waals surface area contributed by atoms with Crippen LogP contribution in [0.25, 0.3) is 0 Å². The molecule has 0 saturated carbocycles. The van der Waals surface area contributed by atoms with Crippen LogP contribution in [0.4, 0.5) is 10.5 Å². The Balaban J connectivity index is 2.47. The van der Waals surface area contributed by atoms with Crippen LogP contribution < -0.4 is 10.6 Å². The Kier molecular flexibility index (Phi) is 9.07. The van der Waals surface area contributed by atoms with Crippen LogP contribution in [-0.4, -0.2) is 41.0 Å². The monoisotopic (exact) mass is 481 g/mol. The molecule has 0 aliphatic rings. The van der Waals surface area contributed by atoms with E-state index in [0.717, 1.165) is 33.5 Å². The lowest BCUT2D eigenvalue weighted by atomic mass is 9.93. The largest absolute Gasteiger partial charge is 0.444 e. The van der Waals surface area contributed by atoms with E-state index in [-0.39, 0.29) is 18.4 Å². The maximum absolute atomic E-state index is 13.8. The standard InChI is InChI=1S/C28H39N3O4/c1-10-31(26(33)21(6)29-27(34)35-28(7,8)9)24(22-17(2)13-11-14-18(22)3)25(32)30-23-19(4)15-12-16-20(23)5/h11-16,21,24H,10H2,1-9H3,(H,29,34)(H,30,32). The van der Waals surface area contributed by atoms with Crippen molar-refractivity contribution >= 4 is 23.6 Å². The summed E-state index contributed by atoms with van der Waals surface area (Å²) in [6, 6.07) is 9.85. The summed E-state index contributed by atoms with van der Waals surface area (Å²) in [5.74, 6) is -0.679. The number of likely N-dealkylation sites (N-methyl/N-ethyl adjacent to an activating group) is 1. The fraction of sp³-hybridized carbons (Fsp3) is 0.464. The smallest absolute Gasteiger partial charge is 0.408 e. The van der Waals surface area contributed by atoms with E-state index in [0.29, 0.717) is 0 Å². The van der Waals surface area contributed by atoms with Gasteiger partial charge in [-0.05, 0) is 90.1 Å². The first-order valence-electron chi connectivity index (χ1n) is 12.0. The van der Waals surface area contributed by atoms with Crippen LogP contribution in [0.3, 0.4) is 0 Å². The van der Waals surface area contributed by atoms with Crippen LogP contribution in [0.5, 0.6) is 0 Å². The van der Waals surface area contributed by atoms with Gasteiger partial charge in [0.2, 0.25) is 5.91 Å². The molecule has 7 nitrogen and oxygen atoms in total. The number of hydrogen-bond donors (Lipinski definition) is 2. The SMILES string of the molecule is CCN(C(=O)C(C)NC(=O)OC(C)(C)C)C(C(=O)Nc1c(C)cccc1C)c1c(C)cccc1C. The molecular weight excluding hydrogens is 442 g/mol. The molecule has 2 rings (SSSR count). The molecule has 2 aromatic rings. The number of carbonyl (C=O) groups is 3. The van der Waals surface area contributed by atoms with Gasteiger partial charge in [-0.2, -0.15) is 0 Å². The minimum Gasteiger partial charge on any atom is -0.444 e. The van der Waals surface area contributed by atoms with Gasteiger partial charge in [-0.25, -0.2) is 4.79 Å². The van der Waals surface area contributed by atoms with E-state index in [2.05, 4.69) is 10.6 Å². The van der Waals surface area contributed by atoms with Gasteiger partial charge in [-0.1, -0.05) is 36.4 Å². The van der Waals surface area contributed by atoms with Crippen molar-refractivity contribution in [2.45, 2.75) is 80.0 Å². The average Bonchev–Trinajstić information content (AvgIpc) is 2.73. The summed E-state index contributed by atoms with van der Waals surface area (Å²) in [7, 11) is 0. The Hall–Kier alpha value is -3.35. The zero-order chi connectivity index (χ0) is 26.5. The third-order valence-corrected chi connectivity index (χ3v) is 5.83. The highest BCUT2D eigenvalue weighted by Crippen LogP contribution is 2.30. The van der Waals surface area contributed by atoms with Gasteiger partial charge in [-0.15, -0.1) is 0 Å². The second-order valence-electron chi connectivity index (χ2n) is 9.96. The van der Waals surface area contributed by atoms with Gasteiger partial charge >= 0.3 is 6.09 Å². The summed E-state index contributed by atoms with van der Waals surface area (Å²) in [5, 5.41) is 5.68. The van der Waals surface area contributed by atoms with Crippen LogP contribution >= 0.6 is 0 Å². The summed E-state index contributed by atoms with van der Waals surface area (Å²) < 4.78 is 5.31. The fourth-order valence-corrected chi connectivity index (χ4v) is 4.15. The van der Waals surface area contributed by atoms with Gasteiger partial charge in [0.1, 0.15) is 17.7 Å². The second kappa shape index (κ2) is 11.4. The van der Waals surface area contributed by atoms with Crippen molar-refractivity contribution in [2.75, 3.05) is 11.9 Å². The Morgan fingerprint density at radius 1 is 0.914 bits per heavy atom. The zero-order valence-electron chi connectivity index (χ0n) is 22.4. The van der Waals surface area contributed by atoms with E-state index >= 15 is 0 Å². The fourth-order valence-electron chi connectivity index (χ4n) is 4.15. The Morgan fingerprint density at radius 2 is 1.40 bits per heavy atom. The van der Waals surface area contributed by atoms with Crippen molar-refractivity contribution in [2.24, 2.45) is 0 Å². The normalized spacial score (nSPS) is 12.9.